The van der Waals surface area contributed by atoms with E-state index in [4.69, 9.17) is 5.73 Å². The highest BCUT2D eigenvalue weighted by Gasteiger charge is 2.26. The molecule has 0 spiro atoms. The SMILES string of the molecule is Cc1nc2c([nH]1)CC(CN)CC2=O. The van der Waals surface area contributed by atoms with Crippen LogP contribution in [0.25, 0.3) is 0 Å². The van der Waals surface area contributed by atoms with Crippen LogP contribution in [-0.2, 0) is 6.42 Å². The number of nitrogens with one attached hydrogen (secondary N) is 1. The lowest BCUT2D eigenvalue weighted by Gasteiger charge is -2.17. The second-order valence-electron chi connectivity index (χ2n) is 3.58. The maximum atomic E-state index is 11.5. The topological polar surface area (TPSA) is 71.8 Å². The molecule has 0 saturated carbocycles. The van der Waals surface area contributed by atoms with E-state index in [0.717, 1.165) is 17.9 Å². The fraction of sp³-hybridized carbons (Fsp3) is 0.556. The number of nitrogens with zero attached hydrogens (tertiary/aromatic N) is 1. The van der Waals surface area contributed by atoms with E-state index in [-0.39, 0.29) is 5.78 Å². The lowest BCUT2D eigenvalue weighted by Crippen LogP contribution is -2.26. The second kappa shape index (κ2) is 2.96. The number of nitrogens with two attached hydrogens (primary N) is 1. The molecular formula is C9H13N3O. The van der Waals surface area contributed by atoms with Gasteiger partial charge in [0.25, 0.3) is 0 Å². The zero-order valence-corrected chi connectivity index (χ0v) is 7.63. The number of aromatic amines is 1. The zero-order chi connectivity index (χ0) is 9.42. The van der Waals surface area contributed by atoms with E-state index in [2.05, 4.69) is 9.97 Å². The minimum Gasteiger partial charge on any atom is -0.345 e. The number of hydrogen-bond donors (Lipinski definition) is 2. The Morgan fingerprint density at radius 1 is 1.62 bits per heavy atom. The third kappa shape index (κ3) is 1.37. The van der Waals surface area contributed by atoms with Crippen molar-refractivity contribution in [1.82, 2.24) is 9.97 Å². The van der Waals surface area contributed by atoms with Gasteiger partial charge in [-0.25, -0.2) is 4.98 Å². The lowest BCUT2D eigenvalue weighted by atomic mass is 9.89. The summed E-state index contributed by atoms with van der Waals surface area (Å²) in [5, 5.41) is 0. The largest absolute Gasteiger partial charge is 0.345 e. The maximum absolute atomic E-state index is 11.5. The molecule has 0 aromatic carbocycles. The van der Waals surface area contributed by atoms with Gasteiger partial charge >= 0.3 is 0 Å². The molecule has 1 atom stereocenters. The van der Waals surface area contributed by atoms with Crippen LogP contribution in [0.3, 0.4) is 0 Å². The summed E-state index contributed by atoms with van der Waals surface area (Å²) in [5.74, 6) is 1.23. The van der Waals surface area contributed by atoms with Crippen LogP contribution in [0.15, 0.2) is 0 Å². The quantitative estimate of drug-likeness (QED) is 0.656. The summed E-state index contributed by atoms with van der Waals surface area (Å²) < 4.78 is 0. The number of fused-ring (bicyclic) bond motifs is 1. The Morgan fingerprint density at radius 3 is 3.08 bits per heavy atom. The van der Waals surface area contributed by atoms with Crippen LogP contribution in [0.1, 0.15) is 28.4 Å². The number of hydrogen-bond acceptors (Lipinski definition) is 3. The average molecular weight is 179 g/mol. The van der Waals surface area contributed by atoms with Gasteiger partial charge in [0.2, 0.25) is 0 Å². The van der Waals surface area contributed by atoms with Crippen molar-refractivity contribution < 1.29 is 4.79 Å². The van der Waals surface area contributed by atoms with E-state index >= 15 is 0 Å². The number of Topliss-reactive ketones (excluding diaryl/α,β-unsaturated/α-hetero) is 1. The fourth-order valence-electron chi connectivity index (χ4n) is 1.81. The normalized spacial score (nSPS) is 21.7. The Morgan fingerprint density at radius 2 is 2.38 bits per heavy atom. The molecule has 70 valence electrons. The molecular weight excluding hydrogens is 166 g/mol. The first-order valence-corrected chi connectivity index (χ1v) is 4.49. The summed E-state index contributed by atoms with van der Waals surface area (Å²) >= 11 is 0. The number of aromatic nitrogens is 2. The minimum absolute atomic E-state index is 0.126. The van der Waals surface area contributed by atoms with Crippen molar-refractivity contribution in [1.29, 1.82) is 0 Å². The molecule has 0 aliphatic heterocycles. The van der Waals surface area contributed by atoms with Crippen LogP contribution in [-0.4, -0.2) is 22.3 Å². The highest BCUT2D eigenvalue weighted by atomic mass is 16.1. The summed E-state index contributed by atoms with van der Waals surface area (Å²) in [4.78, 5) is 18.8. The zero-order valence-electron chi connectivity index (χ0n) is 7.63. The summed E-state index contributed by atoms with van der Waals surface area (Å²) in [6, 6.07) is 0. The first kappa shape index (κ1) is 8.44. The summed E-state index contributed by atoms with van der Waals surface area (Å²) in [5.41, 5.74) is 7.13. The van der Waals surface area contributed by atoms with E-state index < -0.39 is 0 Å². The van der Waals surface area contributed by atoms with Gasteiger partial charge in [0.05, 0.1) is 0 Å². The fourth-order valence-corrected chi connectivity index (χ4v) is 1.81. The molecule has 0 fully saturated rings. The lowest BCUT2D eigenvalue weighted by molar-refractivity contribution is 0.0945. The number of aryl methyl sites for hydroxylation is 1. The molecule has 1 aliphatic rings. The summed E-state index contributed by atoms with van der Waals surface area (Å²) in [7, 11) is 0. The molecule has 0 saturated heterocycles. The van der Waals surface area contributed by atoms with Gasteiger partial charge in [-0.3, -0.25) is 4.79 Å². The van der Waals surface area contributed by atoms with E-state index in [1.54, 1.807) is 0 Å². The number of carbonyl (C=O) groups excluding carboxylic acids is 1. The Bertz CT molecular complexity index is 343. The van der Waals surface area contributed by atoms with Gasteiger partial charge in [0.15, 0.2) is 5.78 Å². The van der Waals surface area contributed by atoms with Crippen molar-refractivity contribution in [3.63, 3.8) is 0 Å². The van der Waals surface area contributed by atoms with E-state index in [9.17, 15) is 4.79 Å². The van der Waals surface area contributed by atoms with Gasteiger partial charge in [-0.15, -0.1) is 0 Å². The highest BCUT2D eigenvalue weighted by Crippen LogP contribution is 2.22. The molecule has 0 radical (unpaired) electrons. The van der Waals surface area contributed by atoms with Crippen molar-refractivity contribution in [3.8, 4) is 0 Å². The van der Waals surface area contributed by atoms with Gasteiger partial charge in [0, 0.05) is 12.1 Å². The van der Waals surface area contributed by atoms with Gasteiger partial charge in [-0.2, -0.15) is 0 Å². The monoisotopic (exact) mass is 179 g/mol. The first-order chi connectivity index (χ1) is 6.20. The van der Waals surface area contributed by atoms with Gasteiger partial charge in [0.1, 0.15) is 11.5 Å². The molecule has 0 amide bonds. The Labute approximate surface area is 76.5 Å². The van der Waals surface area contributed by atoms with Crippen molar-refractivity contribution in [2.45, 2.75) is 19.8 Å². The maximum Gasteiger partial charge on any atom is 0.183 e. The van der Waals surface area contributed by atoms with E-state index in [1.807, 2.05) is 6.92 Å². The average Bonchev–Trinajstić information content (AvgIpc) is 2.46. The number of H-pyrrole nitrogens is 1. The van der Waals surface area contributed by atoms with Crippen LogP contribution < -0.4 is 5.73 Å². The van der Waals surface area contributed by atoms with Crippen LogP contribution in [0, 0.1) is 12.8 Å². The molecule has 2 rings (SSSR count). The second-order valence-corrected chi connectivity index (χ2v) is 3.58. The summed E-state index contributed by atoms with van der Waals surface area (Å²) in [6.07, 6.45) is 1.41. The molecule has 1 aromatic rings. The molecule has 4 nitrogen and oxygen atoms in total. The molecule has 1 heterocycles. The van der Waals surface area contributed by atoms with Crippen LogP contribution in [0.4, 0.5) is 0 Å². The van der Waals surface area contributed by atoms with Gasteiger partial charge in [-0.05, 0) is 25.8 Å². The van der Waals surface area contributed by atoms with Crippen molar-refractivity contribution in [3.05, 3.63) is 17.2 Å². The van der Waals surface area contributed by atoms with Crippen molar-refractivity contribution in [2.75, 3.05) is 6.54 Å². The van der Waals surface area contributed by atoms with E-state index in [1.165, 1.54) is 0 Å². The Balaban J connectivity index is 2.36. The third-order valence-electron chi connectivity index (χ3n) is 2.46. The molecule has 13 heavy (non-hydrogen) atoms. The Hall–Kier alpha value is -1.16. The van der Waals surface area contributed by atoms with Crippen molar-refractivity contribution in [2.24, 2.45) is 11.7 Å². The van der Waals surface area contributed by atoms with Crippen molar-refractivity contribution >= 4 is 5.78 Å². The number of rotatable bonds is 1. The van der Waals surface area contributed by atoms with Gasteiger partial charge in [-0.1, -0.05) is 0 Å². The predicted octanol–water partition coefficient (Wildman–Crippen LogP) is 0.422. The number of ketones is 1. The molecule has 0 bridgehead atoms. The molecule has 3 N–H and O–H groups in total. The molecule has 1 unspecified atom stereocenters. The predicted molar refractivity (Wildman–Crippen MR) is 48.5 cm³/mol. The van der Waals surface area contributed by atoms with Gasteiger partial charge < -0.3 is 10.7 Å². The number of imidazole rings is 1. The smallest absolute Gasteiger partial charge is 0.183 e. The van der Waals surface area contributed by atoms with Crippen LogP contribution in [0.2, 0.25) is 0 Å². The highest BCUT2D eigenvalue weighted by molar-refractivity contribution is 5.96. The third-order valence-corrected chi connectivity index (χ3v) is 2.46. The van der Waals surface area contributed by atoms with E-state index in [0.29, 0.717) is 24.6 Å². The first-order valence-electron chi connectivity index (χ1n) is 4.49. The number of carbonyl (C=O) groups is 1. The Kier molecular flexibility index (Phi) is 1.92. The summed E-state index contributed by atoms with van der Waals surface area (Å²) in [6.45, 7) is 2.44. The molecule has 1 aromatic heterocycles. The minimum atomic E-state index is 0.126. The van der Waals surface area contributed by atoms with Crippen LogP contribution >= 0.6 is 0 Å². The standard InChI is InChI=1S/C9H13N3O/c1-5-11-7-2-6(4-10)3-8(13)9(7)12-5/h6H,2-4,10H2,1H3,(H,11,12). The molecule has 1 aliphatic carbocycles. The molecule has 4 heteroatoms. The van der Waals surface area contributed by atoms with Crippen LogP contribution in [0.5, 0.6) is 0 Å².